The molecule has 0 aliphatic rings. The van der Waals surface area contributed by atoms with Gasteiger partial charge in [-0.1, -0.05) is 24.3 Å². The lowest BCUT2D eigenvalue weighted by Gasteiger charge is -2.13. The first-order valence-electron chi connectivity index (χ1n) is 6.74. The Morgan fingerprint density at radius 3 is 2.81 bits per heavy atom. The van der Waals surface area contributed by atoms with Crippen LogP contribution >= 0.6 is 0 Å². The number of para-hydroxylation sites is 1. The number of benzene rings is 1. The quantitative estimate of drug-likeness (QED) is 0.762. The second-order valence-corrected chi connectivity index (χ2v) is 4.77. The number of fused-ring (bicyclic) bond motifs is 1. The molecule has 0 saturated heterocycles. The number of pyridine rings is 1. The Balaban J connectivity index is 1.93. The van der Waals surface area contributed by atoms with E-state index in [0.717, 1.165) is 22.9 Å². The molecule has 0 fully saturated rings. The number of amides is 3. The van der Waals surface area contributed by atoms with E-state index in [2.05, 4.69) is 10.3 Å². The van der Waals surface area contributed by atoms with Crippen LogP contribution in [0.2, 0.25) is 0 Å². The number of urea groups is 1. The number of carbonyl (C=O) groups excluding carboxylic acids is 2. The molecule has 0 aliphatic carbocycles. The van der Waals surface area contributed by atoms with E-state index in [9.17, 15) is 9.59 Å². The van der Waals surface area contributed by atoms with Crippen molar-refractivity contribution in [1.82, 2.24) is 15.6 Å². The van der Waals surface area contributed by atoms with Crippen molar-refractivity contribution in [1.29, 1.82) is 0 Å². The Labute approximate surface area is 122 Å². The maximum atomic E-state index is 11.5. The molecule has 4 N–H and O–H groups in total. The minimum atomic E-state index is -0.841. The van der Waals surface area contributed by atoms with Gasteiger partial charge < -0.3 is 11.1 Å². The van der Waals surface area contributed by atoms with Gasteiger partial charge in [0, 0.05) is 11.6 Å². The van der Waals surface area contributed by atoms with Gasteiger partial charge in [0.05, 0.1) is 11.6 Å². The monoisotopic (exact) mass is 286 g/mol. The molecule has 0 spiro atoms. The Bertz CT molecular complexity index is 652. The van der Waals surface area contributed by atoms with E-state index in [1.54, 1.807) is 13.1 Å². The van der Waals surface area contributed by atoms with Crippen LogP contribution in [0.3, 0.4) is 0 Å². The van der Waals surface area contributed by atoms with E-state index in [1.165, 1.54) is 0 Å². The molecule has 0 bridgehead atoms. The molecule has 1 unspecified atom stereocenters. The van der Waals surface area contributed by atoms with E-state index < -0.39 is 18.0 Å². The fraction of sp³-hybridized carbons (Fsp3) is 0.267. The minimum Gasteiger partial charge on any atom is -0.351 e. The summed E-state index contributed by atoms with van der Waals surface area (Å²) in [4.78, 5) is 26.5. The van der Waals surface area contributed by atoms with Gasteiger partial charge in [-0.25, -0.2) is 4.79 Å². The van der Waals surface area contributed by atoms with Crippen LogP contribution in [0.15, 0.2) is 36.5 Å². The third kappa shape index (κ3) is 4.00. The van der Waals surface area contributed by atoms with E-state index in [0.29, 0.717) is 6.54 Å². The molecule has 0 radical (unpaired) electrons. The highest BCUT2D eigenvalue weighted by Gasteiger charge is 2.13. The van der Waals surface area contributed by atoms with Gasteiger partial charge in [-0.2, -0.15) is 0 Å². The summed E-state index contributed by atoms with van der Waals surface area (Å²) in [7, 11) is 0. The number of imide groups is 1. The fourth-order valence-electron chi connectivity index (χ4n) is 2.11. The highest BCUT2D eigenvalue weighted by Crippen LogP contribution is 2.15. The maximum Gasteiger partial charge on any atom is 0.318 e. The first-order valence-corrected chi connectivity index (χ1v) is 6.74. The lowest BCUT2D eigenvalue weighted by atomic mass is 10.1. The lowest BCUT2D eigenvalue weighted by Crippen LogP contribution is -2.46. The average molecular weight is 286 g/mol. The standard InChI is InChI=1S/C15H18N4O2/c1-10(14(20)19-15(16)21)17-9-7-12-5-2-4-11-6-3-8-18-13(11)12/h2-6,8,10,17H,7,9H2,1H3,(H3,16,19,20,21). The number of hydrogen-bond acceptors (Lipinski definition) is 4. The summed E-state index contributed by atoms with van der Waals surface area (Å²) in [5, 5.41) is 6.19. The van der Waals surface area contributed by atoms with Crippen LogP contribution < -0.4 is 16.4 Å². The van der Waals surface area contributed by atoms with Crippen molar-refractivity contribution in [2.75, 3.05) is 6.54 Å². The highest BCUT2D eigenvalue weighted by atomic mass is 16.2. The Kier molecular flexibility index (Phi) is 4.84. The molecule has 0 aliphatic heterocycles. The molecular weight excluding hydrogens is 268 g/mol. The second-order valence-electron chi connectivity index (χ2n) is 4.77. The Morgan fingerprint density at radius 1 is 1.29 bits per heavy atom. The zero-order chi connectivity index (χ0) is 15.2. The minimum absolute atomic E-state index is 0.432. The molecule has 6 nitrogen and oxygen atoms in total. The number of nitrogens with two attached hydrogens (primary N) is 1. The van der Waals surface area contributed by atoms with Crippen LogP contribution in [0.25, 0.3) is 10.9 Å². The zero-order valence-corrected chi connectivity index (χ0v) is 11.8. The Morgan fingerprint density at radius 2 is 2.05 bits per heavy atom. The van der Waals surface area contributed by atoms with Crippen LogP contribution in [0.4, 0.5) is 4.79 Å². The van der Waals surface area contributed by atoms with Gasteiger partial charge in [-0.05, 0) is 31.5 Å². The topological polar surface area (TPSA) is 97.1 Å². The summed E-state index contributed by atoms with van der Waals surface area (Å²) >= 11 is 0. The van der Waals surface area contributed by atoms with Gasteiger partial charge >= 0.3 is 6.03 Å². The normalized spacial score (nSPS) is 12.0. The molecule has 3 amide bonds. The summed E-state index contributed by atoms with van der Waals surface area (Å²) < 4.78 is 0. The molecule has 1 heterocycles. The molecule has 1 aromatic carbocycles. The van der Waals surface area contributed by atoms with Crippen molar-refractivity contribution in [3.63, 3.8) is 0 Å². The summed E-state index contributed by atoms with van der Waals surface area (Å²) in [6.07, 6.45) is 2.50. The molecule has 6 heteroatoms. The Hall–Kier alpha value is -2.47. The van der Waals surface area contributed by atoms with Gasteiger partial charge in [-0.15, -0.1) is 0 Å². The summed E-state index contributed by atoms with van der Waals surface area (Å²) in [5.74, 6) is -0.432. The number of nitrogens with zero attached hydrogens (tertiary/aromatic N) is 1. The molecule has 1 aromatic heterocycles. The number of rotatable bonds is 5. The molecule has 0 saturated carbocycles. The summed E-state index contributed by atoms with van der Waals surface area (Å²) in [6.45, 7) is 2.28. The summed E-state index contributed by atoms with van der Waals surface area (Å²) in [5.41, 5.74) is 6.99. The van der Waals surface area contributed by atoms with Crippen LogP contribution in [0.1, 0.15) is 12.5 Å². The second kappa shape index (κ2) is 6.81. The molecule has 2 aromatic rings. The molecule has 110 valence electrons. The SMILES string of the molecule is CC(NCCc1cccc2cccnc12)C(=O)NC(N)=O. The molecule has 21 heavy (non-hydrogen) atoms. The van der Waals surface area contributed by atoms with Gasteiger partial charge in [0.15, 0.2) is 0 Å². The van der Waals surface area contributed by atoms with Crippen LogP contribution in [0, 0.1) is 0 Å². The molecular formula is C15H18N4O2. The van der Waals surface area contributed by atoms with Crippen molar-refractivity contribution in [2.45, 2.75) is 19.4 Å². The van der Waals surface area contributed by atoms with E-state index in [4.69, 9.17) is 5.73 Å². The van der Waals surface area contributed by atoms with E-state index >= 15 is 0 Å². The van der Waals surface area contributed by atoms with Crippen molar-refractivity contribution in [3.05, 3.63) is 42.1 Å². The van der Waals surface area contributed by atoms with Crippen molar-refractivity contribution < 1.29 is 9.59 Å². The zero-order valence-electron chi connectivity index (χ0n) is 11.8. The van der Waals surface area contributed by atoms with Gasteiger partial charge in [-0.3, -0.25) is 15.1 Å². The van der Waals surface area contributed by atoms with Crippen LogP contribution in [-0.2, 0) is 11.2 Å². The van der Waals surface area contributed by atoms with Gasteiger partial charge in [0.2, 0.25) is 5.91 Å². The first kappa shape index (κ1) is 14.9. The number of hydrogen-bond donors (Lipinski definition) is 3. The molecule has 1 atom stereocenters. The third-order valence-electron chi connectivity index (χ3n) is 3.20. The maximum absolute atomic E-state index is 11.5. The van der Waals surface area contributed by atoms with Crippen molar-refractivity contribution in [3.8, 4) is 0 Å². The van der Waals surface area contributed by atoms with Crippen LogP contribution in [-0.4, -0.2) is 29.5 Å². The van der Waals surface area contributed by atoms with Crippen molar-refractivity contribution in [2.24, 2.45) is 5.73 Å². The number of nitrogens with one attached hydrogen (secondary N) is 2. The smallest absolute Gasteiger partial charge is 0.318 e. The van der Waals surface area contributed by atoms with E-state index in [1.807, 2.05) is 35.6 Å². The third-order valence-corrected chi connectivity index (χ3v) is 3.20. The summed E-state index contributed by atoms with van der Waals surface area (Å²) in [6, 6.07) is 8.62. The number of carbonyl (C=O) groups is 2. The van der Waals surface area contributed by atoms with Gasteiger partial charge in [0.25, 0.3) is 0 Å². The van der Waals surface area contributed by atoms with Gasteiger partial charge in [0.1, 0.15) is 0 Å². The number of primary amides is 1. The van der Waals surface area contributed by atoms with E-state index in [-0.39, 0.29) is 0 Å². The predicted molar refractivity (Wildman–Crippen MR) is 80.6 cm³/mol. The first-order chi connectivity index (χ1) is 10.1. The van der Waals surface area contributed by atoms with Crippen molar-refractivity contribution >= 4 is 22.8 Å². The average Bonchev–Trinajstić information content (AvgIpc) is 2.46. The predicted octanol–water partition coefficient (Wildman–Crippen LogP) is 0.950. The highest BCUT2D eigenvalue weighted by molar-refractivity contribution is 5.96. The lowest BCUT2D eigenvalue weighted by molar-refractivity contribution is -0.121. The van der Waals surface area contributed by atoms with Crippen LogP contribution in [0.5, 0.6) is 0 Å². The number of aromatic nitrogens is 1. The largest absolute Gasteiger partial charge is 0.351 e. The fourth-order valence-corrected chi connectivity index (χ4v) is 2.11. The molecule has 2 rings (SSSR count).